The van der Waals surface area contributed by atoms with Gasteiger partial charge in [-0.15, -0.1) is 0 Å². The summed E-state index contributed by atoms with van der Waals surface area (Å²) in [6, 6.07) is 13.9. The van der Waals surface area contributed by atoms with Crippen molar-refractivity contribution in [2.75, 3.05) is 26.7 Å². The van der Waals surface area contributed by atoms with E-state index in [1.165, 1.54) is 0 Å². The fraction of sp³-hybridized carbons (Fsp3) is 0.517. The van der Waals surface area contributed by atoms with Crippen LogP contribution in [0.4, 0.5) is 0 Å². The third-order valence-electron chi connectivity index (χ3n) is 6.15. The lowest BCUT2D eigenvalue weighted by molar-refractivity contribution is -0.131. The van der Waals surface area contributed by atoms with Gasteiger partial charge in [0.1, 0.15) is 11.5 Å². The van der Waals surface area contributed by atoms with Crippen molar-refractivity contribution in [3.05, 3.63) is 59.7 Å². The van der Waals surface area contributed by atoms with Gasteiger partial charge in [0, 0.05) is 39.0 Å². The van der Waals surface area contributed by atoms with Crippen LogP contribution in [0.3, 0.4) is 0 Å². The van der Waals surface area contributed by atoms with E-state index in [1.54, 1.807) is 31.4 Å². The molecule has 0 saturated heterocycles. The molecule has 0 saturated carbocycles. The summed E-state index contributed by atoms with van der Waals surface area (Å²) in [5.74, 6) is 0.817. The second-order valence-corrected chi connectivity index (χ2v) is 9.33. The first kappa shape index (κ1) is 30.1. The number of hydrogen-bond acceptors (Lipinski definition) is 6. The molecule has 0 heterocycles. The Morgan fingerprint density at radius 2 is 1.70 bits per heavy atom. The number of aliphatic hydroxyl groups excluding tert-OH is 1. The highest BCUT2D eigenvalue weighted by Crippen LogP contribution is 2.14. The number of carbonyl (C=O) groups excluding carboxylic acids is 2. The van der Waals surface area contributed by atoms with E-state index in [0.29, 0.717) is 25.8 Å². The molecular formula is C29H43N3O5. The first-order valence-corrected chi connectivity index (χ1v) is 13.2. The molecule has 2 aromatic rings. The van der Waals surface area contributed by atoms with Crippen LogP contribution in [-0.2, 0) is 22.6 Å². The molecule has 4 N–H and O–H groups in total. The van der Waals surface area contributed by atoms with Crippen LogP contribution in [-0.4, -0.2) is 65.8 Å². The molecule has 8 heteroatoms. The van der Waals surface area contributed by atoms with E-state index >= 15 is 0 Å². The third-order valence-corrected chi connectivity index (χ3v) is 6.15. The molecule has 2 aromatic carbocycles. The van der Waals surface area contributed by atoms with E-state index in [-0.39, 0.29) is 30.5 Å². The number of nitrogens with one attached hydrogen (secondary N) is 2. The number of aromatic hydroxyl groups is 1. The monoisotopic (exact) mass is 513 g/mol. The first-order valence-electron chi connectivity index (χ1n) is 13.2. The topological polar surface area (TPSA) is 111 Å². The lowest BCUT2D eigenvalue weighted by Crippen LogP contribution is -2.48. The summed E-state index contributed by atoms with van der Waals surface area (Å²) in [5, 5.41) is 26.7. The maximum atomic E-state index is 12.7. The Bertz CT molecular complexity index is 945. The average Bonchev–Trinajstić information content (AvgIpc) is 2.89. The normalized spacial score (nSPS) is 12.5. The van der Waals surface area contributed by atoms with Gasteiger partial charge in [-0.1, -0.05) is 38.1 Å². The van der Waals surface area contributed by atoms with Gasteiger partial charge < -0.3 is 30.5 Å². The van der Waals surface area contributed by atoms with Gasteiger partial charge in [0.2, 0.25) is 11.8 Å². The Kier molecular flexibility index (Phi) is 13.5. The van der Waals surface area contributed by atoms with E-state index in [4.69, 9.17) is 4.74 Å². The zero-order chi connectivity index (χ0) is 27.0. The predicted molar refractivity (Wildman–Crippen MR) is 145 cm³/mol. The second-order valence-electron chi connectivity index (χ2n) is 9.33. The van der Waals surface area contributed by atoms with Gasteiger partial charge in [-0.25, -0.2) is 0 Å². The highest BCUT2D eigenvalue weighted by molar-refractivity contribution is 5.79. The Morgan fingerprint density at radius 1 is 1.00 bits per heavy atom. The minimum absolute atomic E-state index is 0.0823. The fourth-order valence-electron chi connectivity index (χ4n) is 4.20. The summed E-state index contributed by atoms with van der Waals surface area (Å²) >= 11 is 0. The van der Waals surface area contributed by atoms with Crippen molar-refractivity contribution in [2.45, 2.75) is 71.1 Å². The highest BCUT2D eigenvalue weighted by Gasteiger charge is 2.22. The Hall–Kier alpha value is -3.10. The lowest BCUT2D eigenvalue weighted by atomic mass is 10.0. The molecule has 0 spiro atoms. The summed E-state index contributed by atoms with van der Waals surface area (Å²) in [6.07, 6.45) is 2.41. The van der Waals surface area contributed by atoms with Crippen LogP contribution < -0.4 is 15.4 Å². The number of phenolic OH excluding ortho intramolecular Hbond substituents is 1. The van der Waals surface area contributed by atoms with E-state index in [0.717, 1.165) is 42.8 Å². The maximum absolute atomic E-state index is 12.7. The predicted octanol–water partition coefficient (Wildman–Crippen LogP) is 3.40. The van der Waals surface area contributed by atoms with Crippen LogP contribution in [0.5, 0.6) is 11.5 Å². The molecule has 0 fully saturated rings. The van der Waals surface area contributed by atoms with Gasteiger partial charge in [0.15, 0.2) is 0 Å². The number of rotatable bonds is 17. The molecule has 2 amide bonds. The Labute approximate surface area is 221 Å². The summed E-state index contributed by atoms with van der Waals surface area (Å²) in [6.45, 7) is 6.40. The van der Waals surface area contributed by atoms with Crippen molar-refractivity contribution >= 4 is 11.8 Å². The van der Waals surface area contributed by atoms with E-state index in [9.17, 15) is 19.8 Å². The zero-order valence-corrected chi connectivity index (χ0v) is 22.4. The number of phenols is 1. The number of amides is 2. The molecule has 0 aliphatic rings. The van der Waals surface area contributed by atoms with Gasteiger partial charge in [0.25, 0.3) is 0 Å². The van der Waals surface area contributed by atoms with Gasteiger partial charge in [-0.3, -0.25) is 9.59 Å². The third kappa shape index (κ3) is 11.2. The van der Waals surface area contributed by atoms with Crippen molar-refractivity contribution in [2.24, 2.45) is 0 Å². The van der Waals surface area contributed by atoms with Gasteiger partial charge in [0.05, 0.1) is 19.3 Å². The molecule has 8 nitrogen and oxygen atoms in total. The van der Waals surface area contributed by atoms with E-state index in [1.807, 2.05) is 29.2 Å². The van der Waals surface area contributed by atoms with Crippen LogP contribution in [0.1, 0.15) is 57.1 Å². The molecule has 0 unspecified atom stereocenters. The van der Waals surface area contributed by atoms with Gasteiger partial charge in [-0.05, 0) is 61.1 Å². The van der Waals surface area contributed by atoms with Crippen LogP contribution >= 0.6 is 0 Å². The van der Waals surface area contributed by atoms with Gasteiger partial charge in [-0.2, -0.15) is 0 Å². The first-order chi connectivity index (χ1) is 17.9. The summed E-state index contributed by atoms with van der Waals surface area (Å²) < 4.78 is 5.26. The molecule has 204 valence electrons. The van der Waals surface area contributed by atoms with Crippen LogP contribution in [0, 0.1) is 0 Å². The van der Waals surface area contributed by atoms with Crippen LogP contribution in [0.25, 0.3) is 0 Å². The zero-order valence-electron chi connectivity index (χ0n) is 22.4. The molecule has 37 heavy (non-hydrogen) atoms. The number of hydrogen-bond donors (Lipinski definition) is 4. The van der Waals surface area contributed by atoms with Crippen LogP contribution in [0.2, 0.25) is 0 Å². The van der Waals surface area contributed by atoms with Crippen molar-refractivity contribution in [1.29, 1.82) is 0 Å². The maximum Gasteiger partial charge on any atom is 0.222 e. The molecular weight excluding hydrogens is 470 g/mol. The summed E-state index contributed by atoms with van der Waals surface area (Å²) in [5.41, 5.74) is 1.91. The SMILES string of the molecule is CCCN(CCC)C(=O)CCCC(=O)N[C@@H](Cc1ccc(O)cc1)[C@H](O)CNCc1cccc(OC)c1. The number of aliphatic hydroxyl groups is 1. The van der Waals surface area contributed by atoms with Crippen molar-refractivity contribution in [3.8, 4) is 11.5 Å². The Balaban J connectivity index is 1.92. The van der Waals surface area contributed by atoms with Crippen LogP contribution in [0.15, 0.2) is 48.5 Å². The number of nitrogens with zero attached hydrogens (tertiary/aromatic N) is 1. The van der Waals surface area contributed by atoms with E-state index < -0.39 is 12.1 Å². The lowest BCUT2D eigenvalue weighted by Gasteiger charge is -2.25. The van der Waals surface area contributed by atoms with E-state index in [2.05, 4.69) is 24.5 Å². The highest BCUT2D eigenvalue weighted by atomic mass is 16.5. The van der Waals surface area contributed by atoms with Crippen molar-refractivity contribution in [3.63, 3.8) is 0 Å². The molecule has 2 rings (SSSR count). The standard InChI is InChI=1S/C29H43N3O5/c1-4-16-32(17-5-2)29(36)11-7-10-28(35)31-26(19-22-12-14-24(33)15-13-22)27(34)21-30-20-23-8-6-9-25(18-23)37-3/h6,8-9,12-15,18,26-27,30,33-34H,4-5,7,10-11,16-17,19-21H2,1-3H3,(H,31,35)/t26-,27+/m0/s1. The number of carbonyl (C=O) groups is 2. The molecule has 0 radical (unpaired) electrons. The molecule has 0 aliphatic carbocycles. The fourth-order valence-corrected chi connectivity index (χ4v) is 4.20. The minimum atomic E-state index is -0.838. The second kappa shape index (κ2) is 16.6. The number of ether oxygens (including phenoxy) is 1. The molecule has 0 bridgehead atoms. The largest absolute Gasteiger partial charge is 0.508 e. The van der Waals surface area contributed by atoms with Crippen molar-refractivity contribution < 1.29 is 24.5 Å². The van der Waals surface area contributed by atoms with Gasteiger partial charge >= 0.3 is 0 Å². The molecule has 0 aliphatic heterocycles. The quantitative estimate of drug-likeness (QED) is 0.258. The summed E-state index contributed by atoms with van der Waals surface area (Å²) in [4.78, 5) is 27.1. The molecule has 2 atom stereocenters. The average molecular weight is 514 g/mol. The molecule has 0 aromatic heterocycles. The summed E-state index contributed by atoms with van der Waals surface area (Å²) in [7, 11) is 1.62. The minimum Gasteiger partial charge on any atom is -0.508 e. The Morgan fingerprint density at radius 3 is 2.35 bits per heavy atom. The number of methoxy groups -OCH3 is 1. The number of benzene rings is 2. The van der Waals surface area contributed by atoms with Crippen molar-refractivity contribution in [1.82, 2.24) is 15.5 Å². The smallest absolute Gasteiger partial charge is 0.222 e.